The first-order chi connectivity index (χ1) is 14.8. The Morgan fingerprint density at radius 3 is 2.48 bits per heavy atom. The van der Waals surface area contributed by atoms with Crippen molar-refractivity contribution in [1.82, 2.24) is 10.2 Å². The van der Waals surface area contributed by atoms with E-state index in [1.807, 2.05) is 52.0 Å². The molecule has 2 amide bonds. The fraction of sp³-hybridized carbons (Fsp3) is 0.440. The number of halogens is 1. The summed E-state index contributed by atoms with van der Waals surface area (Å²) in [5.41, 5.74) is 2.67. The van der Waals surface area contributed by atoms with Gasteiger partial charge in [0.2, 0.25) is 11.8 Å². The van der Waals surface area contributed by atoms with Crippen LogP contribution in [-0.4, -0.2) is 34.6 Å². The first kappa shape index (κ1) is 24.9. The van der Waals surface area contributed by atoms with E-state index < -0.39 is 6.04 Å². The van der Waals surface area contributed by atoms with Gasteiger partial charge in [0.25, 0.3) is 0 Å². The van der Waals surface area contributed by atoms with E-state index in [9.17, 15) is 14.0 Å². The molecule has 0 radical (unpaired) electrons. The highest BCUT2D eigenvalue weighted by Crippen LogP contribution is 2.19. The molecule has 0 fully saturated rings. The third kappa shape index (κ3) is 7.69. The number of nitrogens with zero attached hydrogens (tertiary/aromatic N) is 1. The second-order valence-electron chi connectivity index (χ2n) is 7.84. The second kappa shape index (κ2) is 12.5. The quantitative estimate of drug-likeness (QED) is 0.525. The third-order valence-electron chi connectivity index (χ3n) is 5.26. The normalized spacial score (nSPS) is 12.8. The van der Waals surface area contributed by atoms with Gasteiger partial charge in [0.05, 0.1) is 5.75 Å². The number of thioether (sulfide) groups is 1. The molecule has 0 heterocycles. The zero-order chi connectivity index (χ0) is 22.8. The Labute approximate surface area is 189 Å². The fourth-order valence-corrected chi connectivity index (χ4v) is 4.21. The van der Waals surface area contributed by atoms with Crippen LogP contribution in [-0.2, 0) is 21.9 Å². The van der Waals surface area contributed by atoms with Crippen LogP contribution in [0.25, 0.3) is 0 Å². The van der Waals surface area contributed by atoms with Gasteiger partial charge in [0.1, 0.15) is 11.9 Å². The second-order valence-corrected chi connectivity index (χ2v) is 8.82. The number of rotatable bonds is 11. The summed E-state index contributed by atoms with van der Waals surface area (Å²) in [6, 6.07) is 14.1. The fourth-order valence-electron chi connectivity index (χ4n) is 3.31. The Kier molecular flexibility index (Phi) is 10.0. The van der Waals surface area contributed by atoms with Crippen LogP contribution in [0.2, 0.25) is 0 Å². The van der Waals surface area contributed by atoms with Crippen molar-refractivity contribution in [3.8, 4) is 0 Å². The molecule has 0 spiro atoms. The summed E-state index contributed by atoms with van der Waals surface area (Å²) in [6.45, 7) is 8.27. The van der Waals surface area contributed by atoms with E-state index in [-0.39, 0.29) is 29.4 Å². The van der Waals surface area contributed by atoms with Gasteiger partial charge in [-0.3, -0.25) is 9.59 Å². The Bertz CT molecular complexity index is 874. The standard InChI is InChI=1S/C25H33FN2O2S/c1-5-19(4)27-25(30)23(6-2)28(15-20-11-9-10-18(3)14-20)24(29)17-31-16-21-12-7-8-13-22(21)26/h7-14,19,23H,5-6,15-17H2,1-4H3,(H,27,30). The smallest absolute Gasteiger partial charge is 0.243 e. The molecule has 0 aliphatic heterocycles. The molecule has 1 N–H and O–H groups in total. The lowest BCUT2D eigenvalue weighted by Gasteiger charge is -2.31. The monoisotopic (exact) mass is 444 g/mol. The Balaban J connectivity index is 2.15. The van der Waals surface area contributed by atoms with Crippen LogP contribution in [0.5, 0.6) is 0 Å². The molecule has 0 saturated carbocycles. The summed E-state index contributed by atoms with van der Waals surface area (Å²) in [6.07, 6.45) is 1.35. The van der Waals surface area contributed by atoms with E-state index in [0.717, 1.165) is 17.5 Å². The van der Waals surface area contributed by atoms with Crippen molar-refractivity contribution in [2.75, 3.05) is 5.75 Å². The molecule has 4 nitrogen and oxygen atoms in total. The summed E-state index contributed by atoms with van der Waals surface area (Å²) < 4.78 is 13.9. The van der Waals surface area contributed by atoms with E-state index >= 15 is 0 Å². The lowest BCUT2D eigenvalue weighted by atomic mass is 10.1. The number of carbonyl (C=O) groups is 2. The number of hydrogen-bond acceptors (Lipinski definition) is 3. The van der Waals surface area contributed by atoms with Crippen LogP contribution in [0.15, 0.2) is 48.5 Å². The van der Waals surface area contributed by atoms with Crippen LogP contribution in [0.1, 0.15) is 50.3 Å². The van der Waals surface area contributed by atoms with Gasteiger partial charge in [0.15, 0.2) is 0 Å². The van der Waals surface area contributed by atoms with Crippen molar-refractivity contribution >= 4 is 23.6 Å². The Morgan fingerprint density at radius 2 is 1.84 bits per heavy atom. The van der Waals surface area contributed by atoms with E-state index in [0.29, 0.717) is 24.3 Å². The minimum atomic E-state index is -0.545. The van der Waals surface area contributed by atoms with Gasteiger partial charge >= 0.3 is 0 Å². The number of nitrogens with one attached hydrogen (secondary N) is 1. The molecule has 2 atom stereocenters. The average Bonchev–Trinajstić information content (AvgIpc) is 2.74. The van der Waals surface area contributed by atoms with Gasteiger partial charge in [-0.25, -0.2) is 4.39 Å². The minimum absolute atomic E-state index is 0.0490. The summed E-state index contributed by atoms with van der Waals surface area (Å²) in [4.78, 5) is 27.8. The van der Waals surface area contributed by atoms with Crippen LogP contribution >= 0.6 is 11.8 Å². The predicted octanol–water partition coefficient (Wildman–Crippen LogP) is 5.09. The van der Waals surface area contributed by atoms with Crippen molar-refractivity contribution in [2.24, 2.45) is 0 Å². The molecule has 2 rings (SSSR count). The van der Waals surface area contributed by atoms with E-state index in [2.05, 4.69) is 5.32 Å². The maximum absolute atomic E-state index is 13.9. The van der Waals surface area contributed by atoms with Gasteiger partial charge in [-0.15, -0.1) is 11.8 Å². The van der Waals surface area contributed by atoms with Gasteiger partial charge < -0.3 is 10.2 Å². The average molecular weight is 445 g/mol. The molecule has 0 aliphatic carbocycles. The van der Waals surface area contributed by atoms with Gasteiger partial charge in [-0.05, 0) is 43.9 Å². The van der Waals surface area contributed by atoms with Crippen molar-refractivity contribution < 1.29 is 14.0 Å². The summed E-state index contributed by atoms with van der Waals surface area (Å²) in [5.74, 6) is 0.0872. The largest absolute Gasteiger partial charge is 0.352 e. The summed E-state index contributed by atoms with van der Waals surface area (Å²) in [7, 11) is 0. The zero-order valence-electron chi connectivity index (χ0n) is 18.9. The van der Waals surface area contributed by atoms with Crippen LogP contribution in [0, 0.1) is 12.7 Å². The third-order valence-corrected chi connectivity index (χ3v) is 6.23. The first-order valence-corrected chi connectivity index (χ1v) is 12.0. The van der Waals surface area contributed by atoms with Crippen molar-refractivity contribution in [3.63, 3.8) is 0 Å². The minimum Gasteiger partial charge on any atom is -0.352 e. The Hall–Kier alpha value is -2.34. The van der Waals surface area contributed by atoms with Crippen LogP contribution in [0.4, 0.5) is 4.39 Å². The number of hydrogen-bond donors (Lipinski definition) is 1. The van der Waals surface area contributed by atoms with Gasteiger partial charge in [-0.2, -0.15) is 0 Å². The van der Waals surface area contributed by atoms with Gasteiger partial charge in [0, 0.05) is 18.3 Å². The highest BCUT2D eigenvalue weighted by atomic mass is 32.2. The van der Waals surface area contributed by atoms with Crippen molar-refractivity contribution in [1.29, 1.82) is 0 Å². The lowest BCUT2D eigenvalue weighted by molar-refractivity contribution is -0.139. The summed E-state index contributed by atoms with van der Waals surface area (Å²) in [5, 5.41) is 3.01. The molecule has 0 aromatic heterocycles. The molecule has 0 bridgehead atoms. The highest BCUT2D eigenvalue weighted by Gasteiger charge is 2.29. The molecule has 2 aromatic carbocycles. The molecule has 2 aromatic rings. The molecule has 2 unspecified atom stereocenters. The number of aryl methyl sites for hydroxylation is 1. The number of amides is 2. The number of carbonyl (C=O) groups excluding carboxylic acids is 2. The van der Waals surface area contributed by atoms with Crippen LogP contribution in [0.3, 0.4) is 0 Å². The molecule has 0 saturated heterocycles. The molecule has 6 heteroatoms. The molecular formula is C25H33FN2O2S. The lowest BCUT2D eigenvalue weighted by Crippen LogP contribution is -2.51. The van der Waals surface area contributed by atoms with E-state index in [1.54, 1.807) is 23.1 Å². The van der Waals surface area contributed by atoms with Crippen molar-refractivity contribution in [2.45, 2.75) is 64.9 Å². The zero-order valence-corrected chi connectivity index (χ0v) is 19.7. The molecule has 31 heavy (non-hydrogen) atoms. The van der Waals surface area contributed by atoms with Crippen LogP contribution < -0.4 is 5.32 Å². The molecule has 168 valence electrons. The van der Waals surface area contributed by atoms with Gasteiger partial charge in [-0.1, -0.05) is 61.9 Å². The maximum atomic E-state index is 13.9. The topological polar surface area (TPSA) is 49.4 Å². The van der Waals surface area contributed by atoms with Crippen molar-refractivity contribution in [3.05, 3.63) is 71.0 Å². The predicted molar refractivity (Wildman–Crippen MR) is 126 cm³/mol. The first-order valence-electron chi connectivity index (χ1n) is 10.8. The molecular weight excluding hydrogens is 411 g/mol. The SMILES string of the molecule is CCC(C)NC(=O)C(CC)N(Cc1cccc(C)c1)C(=O)CSCc1ccccc1F. The Morgan fingerprint density at radius 1 is 1.10 bits per heavy atom. The van der Waals surface area contributed by atoms with E-state index in [4.69, 9.17) is 0 Å². The van der Waals surface area contributed by atoms with E-state index in [1.165, 1.54) is 17.8 Å². The highest BCUT2D eigenvalue weighted by molar-refractivity contribution is 7.99. The molecule has 0 aliphatic rings. The summed E-state index contributed by atoms with van der Waals surface area (Å²) >= 11 is 1.37. The number of benzene rings is 2. The maximum Gasteiger partial charge on any atom is 0.243 e.